The van der Waals surface area contributed by atoms with Crippen LogP contribution in [-0.4, -0.2) is 7.05 Å². The highest BCUT2D eigenvalue weighted by atomic mass is 14.9. The Labute approximate surface area is 103 Å². The molecule has 17 heavy (non-hydrogen) atoms. The molecule has 2 aromatic rings. The van der Waals surface area contributed by atoms with Gasteiger partial charge in [-0.25, -0.2) is 0 Å². The fraction of sp³-hybridized carbons (Fsp3) is 0.250. The van der Waals surface area contributed by atoms with Gasteiger partial charge in [-0.3, -0.25) is 0 Å². The molecule has 0 spiro atoms. The predicted octanol–water partition coefficient (Wildman–Crippen LogP) is 3.61. The average Bonchev–Trinajstić information content (AvgIpc) is 2.35. The lowest BCUT2D eigenvalue weighted by Crippen LogP contribution is -2.18. The van der Waals surface area contributed by atoms with E-state index in [0.717, 1.165) is 0 Å². The molecule has 1 nitrogen and oxygen atoms in total. The van der Waals surface area contributed by atoms with Crippen LogP contribution in [0, 0.1) is 13.8 Å². The Kier molecular flexibility index (Phi) is 3.60. The van der Waals surface area contributed by atoms with E-state index >= 15 is 0 Å². The molecule has 0 radical (unpaired) electrons. The second kappa shape index (κ2) is 5.15. The first-order valence-corrected chi connectivity index (χ1v) is 6.01. The number of hydrogen-bond acceptors (Lipinski definition) is 1. The third-order valence-corrected chi connectivity index (χ3v) is 3.20. The molecule has 0 aliphatic rings. The van der Waals surface area contributed by atoms with Crippen LogP contribution in [0.15, 0.2) is 48.5 Å². The van der Waals surface area contributed by atoms with Crippen LogP contribution in [0.5, 0.6) is 0 Å². The summed E-state index contributed by atoms with van der Waals surface area (Å²) in [6.45, 7) is 4.28. The molecule has 1 atom stereocenters. The van der Waals surface area contributed by atoms with E-state index in [0.29, 0.717) is 0 Å². The zero-order valence-electron chi connectivity index (χ0n) is 10.7. The second-order valence-corrected chi connectivity index (χ2v) is 4.49. The Bertz CT molecular complexity index is 485. The van der Waals surface area contributed by atoms with Crippen LogP contribution >= 0.6 is 0 Å². The first-order chi connectivity index (χ1) is 8.22. The van der Waals surface area contributed by atoms with Crippen molar-refractivity contribution in [1.29, 1.82) is 0 Å². The van der Waals surface area contributed by atoms with E-state index in [4.69, 9.17) is 0 Å². The van der Waals surface area contributed by atoms with Gasteiger partial charge in [0.1, 0.15) is 0 Å². The SMILES string of the molecule is CNC(c1ccc(C)cc1)c1ccccc1C. The molecule has 2 aromatic carbocycles. The Hall–Kier alpha value is -1.60. The van der Waals surface area contributed by atoms with Crippen molar-refractivity contribution in [3.8, 4) is 0 Å². The third-order valence-electron chi connectivity index (χ3n) is 3.20. The Morgan fingerprint density at radius 2 is 1.53 bits per heavy atom. The lowest BCUT2D eigenvalue weighted by atomic mass is 9.95. The van der Waals surface area contributed by atoms with E-state index in [9.17, 15) is 0 Å². The highest BCUT2D eigenvalue weighted by Crippen LogP contribution is 2.24. The topological polar surface area (TPSA) is 12.0 Å². The first-order valence-electron chi connectivity index (χ1n) is 6.01. The van der Waals surface area contributed by atoms with Gasteiger partial charge in [-0.15, -0.1) is 0 Å². The van der Waals surface area contributed by atoms with Crippen molar-refractivity contribution in [2.75, 3.05) is 7.05 Å². The molecule has 0 bridgehead atoms. The molecular formula is C16H19N. The van der Waals surface area contributed by atoms with Gasteiger partial charge < -0.3 is 5.32 Å². The van der Waals surface area contributed by atoms with Gasteiger partial charge in [0.25, 0.3) is 0 Å². The molecule has 1 heteroatoms. The Balaban J connectivity index is 2.40. The van der Waals surface area contributed by atoms with Gasteiger partial charge >= 0.3 is 0 Å². The normalized spacial score (nSPS) is 12.4. The van der Waals surface area contributed by atoms with Crippen LogP contribution in [0.25, 0.3) is 0 Å². The van der Waals surface area contributed by atoms with Gasteiger partial charge in [-0.1, -0.05) is 54.1 Å². The van der Waals surface area contributed by atoms with Crippen molar-refractivity contribution < 1.29 is 0 Å². The molecular weight excluding hydrogens is 206 g/mol. The maximum Gasteiger partial charge on any atom is 0.0576 e. The van der Waals surface area contributed by atoms with Gasteiger partial charge in [-0.05, 0) is 37.6 Å². The van der Waals surface area contributed by atoms with Crippen molar-refractivity contribution in [3.63, 3.8) is 0 Å². The Morgan fingerprint density at radius 1 is 0.882 bits per heavy atom. The molecule has 2 rings (SSSR count). The van der Waals surface area contributed by atoms with Gasteiger partial charge in [0.05, 0.1) is 6.04 Å². The smallest absolute Gasteiger partial charge is 0.0576 e. The molecule has 0 aliphatic carbocycles. The monoisotopic (exact) mass is 225 g/mol. The van der Waals surface area contributed by atoms with Crippen molar-refractivity contribution in [2.24, 2.45) is 0 Å². The highest BCUT2D eigenvalue weighted by molar-refractivity contribution is 5.37. The predicted molar refractivity (Wildman–Crippen MR) is 73.3 cm³/mol. The highest BCUT2D eigenvalue weighted by Gasteiger charge is 2.12. The zero-order valence-corrected chi connectivity index (χ0v) is 10.7. The molecule has 88 valence electrons. The van der Waals surface area contributed by atoms with Crippen LogP contribution < -0.4 is 5.32 Å². The van der Waals surface area contributed by atoms with Crippen LogP contribution in [0.1, 0.15) is 28.3 Å². The number of rotatable bonds is 3. The third kappa shape index (κ3) is 2.56. The maximum atomic E-state index is 3.39. The summed E-state index contributed by atoms with van der Waals surface area (Å²) in [6, 6.07) is 17.5. The summed E-state index contributed by atoms with van der Waals surface area (Å²) in [7, 11) is 2.01. The summed E-state index contributed by atoms with van der Waals surface area (Å²) in [6.07, 6.45) is 0. The summed E-state index contributed by atoms with van der Waals surface area (Å²) in [5.74, 6) is 0. The van der Waals surface area contributed by atoms with E-state index in [1.165, 1.54) is 22.3 Å². The molecule has 0 amide bonds. The molecule has 0 aliphatic heterocycles. The summed E-state index contributed by atoms with van der Waals surface area (Å²) in [5.41, 5.74) is 5.28. The number of hydrogen-bond donors (Lipinski definition) is 1. The molecule has 1 N–H and O–H groups in total. The average molecular weight is 225 g/mol. The minimum absolute atomic E-state index is 0.275. The number of benzene rings is 2. The molecule has 0 heterocycles. The standard InChI is InChI=1S/C16H19N/c1-12-8-10-14(11-9-12)16(17-3)15-7-5-4-6-13(15)2/h4-11,16-17H,1-3H3. The zero-order chi connectivity index (χ0) is 12.3. The van der Waals surface area contributed by atoms with Gasteiger partial charge in [0.15, 0.2) is 0 Å². The fourth-order valence-electron chi connectivity index (χ4n) is 2.17. The lowest BCUT2D eigenvalue weighted by Gasteiger charge is -2.19. The molecule has 0 saturated carbocycles. The maximum absolute atomic E-state index is 3.39. The largest absolute Gasteiger partial charge is 0.309 e. The van der Waals surface area contributed by atoms with Crippen LogP contribution in [-0.2, 0) is 0 Å². The molecule has 1 unspecified atom stereocenters. The van der Waals surface area contributed by atoms with Gasteiger partial charge in [0.2, 0.25) is 0 Å². The van der Waals surface area contributed by atoms with E-state index in [2.05, 4.69) is 67.7 Å². The summed E-state index contributed by atoms with van der Waals surface area (Å²) in [4.78, 5) is 0. The number of aryl methyl sites for hydroxylation is 2. The van der Waals surface area contributed by atoms with Gasteiger partial charge in [-0.2, -0.15) is 0 Å². The van der Waals surface area contributed by atoms with E-state index in [1.54, 1.807) is 0 Å². The molecule has 0 fully saturated rings. The quantitative estimate of drug-likeness (QED) is 0.841. The fourth-order valence-corrected chi connectivity index (χ4v) is 2.17. The van der Waals surface area contributed by atoms with E-state index in [1.807, 2.05) is 7.05 Å². The Morgan fingerprint density at radius 3 is 2.12 bits per heavy atom. The molecule has 0 aromatic heterocycles. The summed E-state index contributed by atoms with van der Waals surface area (Å²) >= 11 is 0. The van der Waals surface area contributed by atoms with E-state index < -0.39 is 0 Å². The van der Waals surface area contributed by atoms with Crippen LogP contribution in [0.4, 0.5) is 0 Å². The number of nitrogens with one attached hydrogen (secondary N) is 1. The van der Waals surface area contributed by atoms with Gasteiger partial charge in [0, 0.05) is 0 Å². The lowest BCUT2D eigenvalue weighted by molar-refractivity contribution is 0.687. The minimum atomic E-state index is 0.275. The molecule has 0 saturated heterocycles. The summed E-state index contributed by atoms with van der Waals surface area (Å²) < 4.78 is 0. The van der Waals surface area contributed by atoms with Crippen LogP contribution in [0.2, 0.25) is 0 Å². The van der Waals surface area contributed by atoms with Crippen molar-refractivity contribution >= 4 is 0 Å². The summed E-state index contributed by atoms with van der Waals surface area (Å²) in [5, 5.41) is 3.39. The van der Waals surface area contributed by atoms with Crippen LogP contribution in [0.3, 0.4) is 0 Å². The second-order valence-electron chi connectivity index (χ2n) is 4.49. The van der Waals surface area contributed by atoms with E-state index in [-0.39, 0.29) is 6.04 Å². The minimum Gasteiger partial charge on any atom is -0.309 e. The van der Waals surface area contributed by atoms with Crippen molar-refractivity contribution in [3.05, 3.63) is 70.8 Å². The van der Waals surface area contributed by atoms with Crippen molar-refractivity contribution in [1.82, 2.24) is 5.32 Å². The van der Waals surface area contributed by atoms with Crippen molar-refractivity contribution in [2.45, 2.75) is 19.9 Å². The first kappa shape index (κ1) is 11.9.